The van der Waals surface area contributed by atoms with Crippen molar-refractivity contribution in [2.45, 2.75) is 57.2 Å². The number of aliphatic imine (C=N–C) groups is 1. The number of thioether (sulfide) groups is 1. The average Bonchev–Trinajstić information content (AvgIpc) is 3.17. The first-order chi connectivity index (χ1) is 11.5. The summed E-state index contributed by atoms with van der Waals surface area (Å²) >= 11 is 1.81. The van der Waals surface area contributed by atoms with Crippen LogP contribution in [0.2, 0.25) is 0 Å². The fourth-order valence-corrected chi connectivity index (χ4v) is 4.56. The zero-order valence-corrected chi connectivity index (χ0v) is 18.3. The fourth-order valence-electron chi connectivity index (χ4n) is 3.27. The molecule has 1 fully saturated rings. The van der Waals surface area contributed by atoms with E-state index in [1.807, 2.05) is 0 Å². The third-order valence-corrected chi connectivity index (χ3v) is 5.96. The number of rotatable bonds is 4. The van der Waals surface area contributed by atoms with E-state index in [0.29, 0.717) is 18.5 Å². The van der Waals surface area contributed by atoms with Gasteiger partial charge in [-0.15, -0.1) is 34.2 Å². The summed E-state index contributed by atoms with van der Waals surface area (Å²) in [5.41, 5.74) is -0.610. The second kappa shape index (κ2) is 8.90. The van der Waals surface area contributed by atoms with Gasteiger partial charge in [0.05, 0.1) is 5.60 Å². The molecule has 142 valence electrons. The van der Waals surface area contributed by atoms with E-state index in [1.165, 1.54) is 0 Å². The quantitative estimate of drug-likeness (QED) is 0.343. The van der Waals surface area contributed by atoms with Crippen molar-refractivity contribution >= 4 is 41.7 Å². The Bertz CT molecular complexity index is 599. The van der Waals surface area contributed by atoms with Crippen LogP contribution in [0.4, 0.5) is 0 Å². The van der Waals surface area contributed by atoms with Gasteiger partial charge in [0.15, 0.2) is 5.96 Å². The van der Waals surface area contributed by atoms with E-state index < -0.39 is 5.60 Å². The molecular weight excluding hydrogens is 451 g/mol. The summed E-state index contributed by atoms with van der Waals surface area (Å²) in [6.07, 6.45) is 2.78. The zero-order valence-electron chi connectivity index (χ0n) is 15.2. The summed E-state index contributed by atoms with van der Waals surface area (Å²) in [7, 11) is 1.77. The maximum absolute atomic E-state index is 10.5. The van der Waals surface area contributed by atoms with Crippen molar-refractivity contribution in [3.63, 3.8) is 0 Å². The Morgan fingerprint density at radius 3 is 2.92 bits per heavy atom. The summed E-state index contributed by atoms with van der Waals surface area (Å²) in [4.78, 5) is 4.31. The highest BCUT2D eigenvalue weighted by Gasteiger charge is 2.32. The van der Waals surface area contributed by atoms with E-state index in [9.17, 15) is 5.11 Å². The number of hydrogen-bond donors (Lipinski definition) is 3. The number of nitrogens with zero attached hydrogens (tertiary/aromatic N) is 4. The van der Waals surface area contributed by atoms with Gasteiger partial charge in [-0.1, -0.05) is 13.8 Å². The van der Waals surface area contributed by atoms with Crippen LogP contribution < -0.4 is 10.6 Å². The Kier molecular flexibility index (Phi) is 7.39. The van der Waals surface area contributed by atoms with E-state index >= 15 is 0 Å². The predicted octanol–water partition coefficient (Wildman–Crippen LogP) is 1.37. The average molecular weight is 480 g/mol. The molecule has 1 saturated heterocycles. The first-order valence-electron chi connectivity index (χ1n) is 8.70. The third kappa shape index (κ3) is 5.00. The first-order valence-corrected chi connectivity index (χ1v) is 9.85. The fraction of sp³-hybridized carbons (Fsp3) is 0.812. The largest absolute Gasteiger partial charge is 0.387 e. The minimum absolute atomic E-state index is 0. The highest BCUT2D eigenvalue weighted by Crippen LogP contribution is 2.27. The Morgan fingerprint density at radius 2 is 2.28 bits per heavy atom. The Labute approximate surface area is 170 Å². The molecule has 1 aromatic heterocycles. The van der Waals surface area contributed by atoms with Crippen molar-refractivity contribution in [1.82, 2.24) is 25.4 Å². The summed E-state index contributed by atoms with van der Waals surface area (Å²) in [6.45, 7) is 5.70. The molecule has 3 rings (SSSR count). The molecule has 9 heteroatoms. The molecule has 7 nitrogen and oxygen atoms in total. The topological polar surface area (TPSA) is 87.4 Å². The van der Waals surface area contributed by atoms with Crippen LogP contribution in [0.15, 0.2) is 4.99 Å². The van der Waals surface area contributed by atoms with Gasteiger partial charge in [0.1, 0.15) is 11.6 Å². The first kappa shape index (κ1) is 20.8. The lowest BCUT2D eigenvalue weighted by molar-refractivity contribution is 0.0723. The predicted molar refractivity (Wildman–Crippen MR) is 113 cm³/mol. The second-order valence-electron chi connectivity index (χ2n) is 7.07. The number of aryl methyl sites for hydroxylation is 1. The minimum atomic E-state index is -0.610. The lowest BCUT2D eigenvalue weighted by Crippen LogP contribution is -2.51. The van der Waals surface area contributed by atoms with Crippen molar-refractivity contribution in [3.05, 3.63) is 11.6 Å². The molecule has 25 heavy (non-hydrogen) atoms. The van der Waals surface area contributed by atoms with Crippen LogP contribution in [0, 0.1) is 0 Å². The number of hydrogen-bond acceptors (Lipinski definition) is 5. The SMILES string of the molecule is CN=C(NCC1(O)CCSC1)NC1CCc2nnc(C(C)C)n2C1.I. The molecule has 0 aliphatic carbocycles. The molecule has 0 saturated carbocycles. The van der Waals surface area contributed by atoms with Crippen molar-refractivity contribution in [2.75, 3.05) is 25.1 Å². The normalized spacial score (nSPS) is 26.3. The molecule has 0 aromatic carbocycles. The van der Waals surface area contributed by atoms with Crippen LogP contribution in [-0.4, -0.2) is 62.6 Å². The van der Waals surface area contributed by atoms with Crippen molar-refractivity contribution in [3.8, 4) is 0 Å². The number of aliphatic hydroxyl groups is 1. The highest BCUT2D eigenvalue weighted by molar-refractivity contribution is 14.0. The van der Waals surface area contributed by atoms with E-state index in [1.54, 1.807) is 18.8 Å². The molecule has 2 aliphatic heterocycles. The van der Waals surface area contributed by atoms with Gasteiger partial charge < -0.3 is 20.3 Å². The number of aromatic nitrogens is 3. The number of halogens is 1. The molecule has 0 bridgehead atoms. The smallest absolute Gasteiger partial charge is 0.191 e. The summed E-state index contributed by atoms with van der Waals surface area (Å²) in [5.74, 6) is 5.09. The van der Waals surface area contributed by atoms with Gasteiger partial charge in [-0.3, -0.25) is 4.99 Å². The van der Waals surface area contributed by atoms with Gasteiger partial charge in [0, 0.05) is 44.3 Å². The summed E-state index contributed by atoms with van der Waals surface area (Å²) < 4.78 is 2.24. The van der Waals surface area contributed by atoms with Gasteiger partial charge in [-0.05, 0) is 18.6 Å². The number of fused-ring (bicyclic) bond motifs is 1. The van der Waals surface area contributed by atoms with Crippen LogP contribution in [0.3, 0.4) is 0 Å². The zero-order chi connectivity index (χ0) is 17.2. The molecule has 0 spiro atoms. The van der Waals surface area contributed by atoms with Gasteiger partial charge >= 0.3 is 0 Å². The van der Waals surface area contributed by atoms with E-state index in [2.05, 4.69) is 44.2 Å². The standard InChI is InChI=1S/C16H28N6OS.HI/c1-11(2)14-21-20-13-5-4-12(8-22(13)14)19-15(17-3)18-9-16(23)6-7-24-10-16;/h11-12,23H,4-10H2,1-3H3,(H2,17,18,19);1H. The van der Waals surface area contributed by atoms with E-state index in [4.69, 9.17) is 0 Å². The molecule has 3 N–H and O–H groups in total. The van der Waals surface area contributed by atoms with Crippen LogP contribution in [0.1, 0.15) is 44.3 Å². The van der Waals surface area contributed by atoms with E-state index in [0.717, 1.165) is 54.9 Å². The molecule has 2 unspecified atom stereocenters. The van der Waals surface area contributed by atoms with E-state index in [-0.39, 0.29) is 24.0 Å². The van der Waals surface area contributed by atoms with Gasteiger partial charge in [0.2, 0.25) is 0 Å². The third-order valence-electron chi connectivity index (χ3n) is 4.72. The van der Waals surface area contributed by atoms with Crippen molar-refractivity contribution in [2.24, 2.45) is 4.99 Å². The van der Waals surface area contributed by atoms with Crippen molar-refractivity contribution in [1.29, 1.82) is 0 Å². The Morgan fingerprint density at radius 1 is 1.48 bits per heavy atom. The summed E-state index contributed by atoms with van der Waals surface area (Å²) in [5, 5.41) is 25.9. The molecule has 0 radical (unpaired) electrons. The monoisotopic (exact) mass is 480 g/mol. The second-order valence-corrected chi connectivity index (χ2v) is 8.18. The molecular formula is C16H29IN6OS. The van der Waals surface area contributed by atoms with Crippen LogP contribution in [-0.2, 0) is 13.0 Å². The molecule has 2 aliphatic rings. The van der Waals surface area contributed by atoms with Crippen molar-refractivity contribution < 1.29 is 5.11 Å². The van der Waals surface area contributed by atoms with Crippen LogP contribution >= 0.6 is 35.7 Å². The maximum Gasteiger partial charge on any atom is 0.191 e. The Hall–Kier alpha value is -0.550. The van der Waals surface area contributed by atoms with Gasteiger partial charge in [-0.25, -0.2) is 0 Å². The Balaban J connectivity index is 0.00000225. The van der Waals surface area contributed by atoms with Crippen LogP contribution in [0.25, 0.3) is 0 Å². The highest BCUT2D eigenvalue weighted by atomic mass is 127. The van der Waals surface area contributed by atoms with Gasteiger partial charge in [-0.2, -0.15) is 11.8 Å². The lowest BCUT2D eigenvalue weighted by Gasteiger charge is -2.29. The molecule has 3 heterocycles. The van der Waals surface area contributed by atoms with Crippen LogP contribution in [0.5, 0.6) is 0 Å². The summed E-state index contributed by atoms with van der Waals surface area (Å²) in [6, 6.07) is 0.296. The molecule has 1 aromatic rings. The number of guanidine groups is 1. The molecule has 0 amide bonds. The maximum atomic E-state index is 10.5. The van der Waals surface area contributed by atoms with Gasteiger partial charge in [0.25, 0.3) is 0 Å². The minimum Gasteiger partial charge on any atom is -0.387 e. The molecule has 2 atom stereocenters. The number of nitrogens with one attached hydrogen (secondary N) is 2. The lowest BCUT2D eigenvalue weighted by atomic mass is 10.0.